The number of rotatable bonds is 2. The van der Waals surface area contributed by atoms with Crippen molar-refractivity contribution >= 4 is 27.6 Å². The van der Waals surface area contributed by atoms with Crippen LogP contribution in [0, 0.1) is 0 Å². The van der Waals surface area contributed by atoms with Crippen molar-refractivity contribution in [1.29, 1.82) is 0 Å². The Balaban J connectivity index is 1.65. The van der Waals surface area contributed by atoms with E-state index >= 15 is 0 Å². The molecule has 5 heteroatoms. The summed E-state index contributed by atoms with van der Waals surface area (Å²) in [7, 11) is 0. The summed E-state index contributed by atoms with van der Waals surface area (Å²) in [6, 6.07) is 18.0. The Morgan fingerprint density at radius 2 is 1.83 bits per heavy atom. The average Bonchev–Trinajstić information content (AvgIpc) is 3.08. The Morgan fingerprint density at radius 3 is 2.72 bits per heavy atom. The molecular weight excluding hydrogens is 360 g/mol. The molecule has 1 amide bonds. The number of aromatic nitrogens is 2. The van der Waals surface area contributed by atoms with E-state index < -0.39 is 0 Å². The molecule has 4 aromatic rings. The van der Waals surface area contributed by atoms with Gasteiger partial charge < -0.3 is 10.2 Å². The van der Waals surface area contributed by atoms with Crippen molar-refractivity contribution in [2.75, 3.05) is 26.2 Å². The van der Waals surface area contributed by atoms with Crippen molar-refractivity contribution in [2.24, 2.45) is 0 Å². The van der Waals surface area contributed by atoms with Gasteiger partial charge in [0, 0.05) is 59.3 Å². The van der Waals surface area contributed by atoms with E-state index in [0.717, 1.165) is 65.5 Å². The molecule has 0 spiro atoms. The van der Waals surface area contributed by atoms with Crippen LogP contribution in [0.15, 0.2) is 67.0 Å². The lowest BCUT2D eigenvalue weighted by Crippen LogP contribution is -2.34. The molecule has 3 heterocycles. The highest BCUT2D eigenvalue weighted by molar-refractivity contribution is 6.11. The van der Waals surface area contributed by atoms with Gasteiger partial charge in [-0.25, -0.2) is 4.98 Å². The second-order valence-electron chi connectivity index (χ2n) is 7.38. The summed E-state index contributed by atoms with van der Waals surface area (Å²) in [5.41, 5.74) is 3.48. The third-order valence-electron chi connectivity index (χ3n) is 5.52. The Morgan fingerprint density at radius 1 is 0.931 bits per heavy atom. The fourth-order valence-electron chi connectivity index (χ4n) is 4.03. The van der Waals surface area contributed by atoms with Gasteiger partial charge in [0.1, 0.15) is 0 Å². The lowest BCUT2D eigenvalue weighted by atomic mass is 10.0. The van der Waals surface area contributed by atoms with Gasteiger partial charge >= 0.3 is 0 Å². The molecule has 2 aromatic heterocycles. The average molecular weight is 382 g/mol. The van der Waals surface area contributed by atoms with E-state index in [2.05, 4.69) is 22.4 Å². The van der Waals surface area contributed by atoms with E-state index in [1.54, 1.807) is 6.20 Å². The highest BCUT2D eigenvalue weighted by Crippen LogP contribution is 2.32. The Hall–Kier alpha value is -3.31. The van der Waals surface area contributed by atoms with Crippen LogP contribution in [0.1, 0.15) is 16.8 Å². The summed E-state index contributed by atoms with van der Waals surface area (Å²) in [4.78, 5) is 24.3. The number of amides is 1. The van der Waals surface area contributed by atoms with Crippen molar-refractivity contribution in [3.63, 3.8) is 0 Å². The van der Waals surface area contributed by atoms with Gasteiger partial charge in [0.05, 0.1) is 11.2 Å². The lowest BCUT2D eigenvalue weighted by molar-refractivity contribution is 0.0766. The number of hydrogen-bond donors (Lipinski definition) is 1. The fraction of sp³-hybridized carbons (Fsp3) is 0.208. The normalized spacial score (nSPS) is 14.8. The molecule has 0 saturated carbocycles. The van der Waals surface area contributed by atoms with Crippen molar-refractivity contribution in [2.45, 2.75) is 6.42 Å². The smallest absolute Gasteiger partial charge is 0.253 e. The summed E-state index contributed by atoms with van der Waals surface area (Å²) in [6.07, 6.45) is 4.66. The minimum absolute atomic E-state index is 0.0740. The second-order valence-corrected chi connectivity index (χ2v) is 7.38. The minimum atomic E-state index is 0.0740. The molecule has 144 valence electrons. The largest absolute Gasteiger partial charge is 0.337 e. The third kappa shape index (κ3) is 3.34. The summed E-state index contributed by atoms with van der Waals surface area (Å²) in [6.45, 7) is 3.32. The molecular formula is C24H22N4O. The molecule has 0 radical (unpaired) electrons. The number of fused-ring (bicyclic) bond motifs is 3. The Bertz CT molecular complexity index is 1180. The number of nitrogens with zero attached hydrogens (tertiary/aromatic N) is 3. The number of carbonyl (C=O) groups is 1. The summed E-state index contributed by atoms with van der Waals surface area (Å²) in [5, 5.41) is 6.48. The molecule has 5 nitrogen and oxygen atoms in total. The van der Waals surface area contributed by atoms with Gasteiger partial charge in [-0.3, -0.25) is 9.78 Å². The van der Waals surface area contributed by atoms with Gasteiger partial charge in [-0.15, -0.1) is 0 Å². The first-order valence-corrected chi connectivity index (χ1v) is 10.0. The molecule has 0 unspecified atom stereocenters. The number of carbonyl (C=O) groups excluding carboxylic acids is 1. The quantitative estimate of drug-likeness (QED) is 0.535. The zero-order valence-corrected chi connectivity index (χ0v) is 16.1. The van der Waals surface area contributed by atoms with E-state index in [1.807, 2.05) is 53.6 Å². The molecule has 0 atom stereocenters. The van der Waals surface area contributed by atoms with Crippen molar-refractivity contribution in [3.05, 3.63) is 72.6 Å². The van der Waals surface area contributed by atoms with Crippen LogP contribution < -0.4 is 5.32 Å². The topological polar surface area (TPSA) is 58.1 Å². The number of pyridine rings is 2. The van der Waals surface area contributed by atoms with Gasteiger partial charge in [0.2, 0.25) is 0 Å². The van der Waals surface area contributed by atoms with E-state index in [-0.39, 0.29) is 5.91 Å². The molecule has 29 heavy (non-hydrogen) atoms. The lowest BCUT2D eigenvalue weighted by Gasteiger charge is -2.20. The highest BCUT2D eigenvalue weighted by atomic mass is 16.2. The molecule has 2 aromatic carbocycles. The molecule has 1 aliphatic rings. The zero-order chi connectivity index (χ0) is 19.6. The third-order valence-corrected chi connectivity index (χ3v) is 5.52. The van der Waals surface area contributed by atoms with Crippen molar-refractivity contribution in [3.8, 4) is 11.3 Å². The van der Waals surface area contributed by atoms with Gasteiger partial charge in [0.25, 0.3) is 5.91 Å². The van der Waals surface area contributed by atoms with E-state index in [9.17, 15) is 4.79 Å². The second kappa shape index (κ2) is 7.60. The van der Waals surface area contributed by atoms with Crippen LogP contribution in [0.2, 0.25) is 0 Å². The highest BCUT2D eigenvalue weighted by Gasteiger charge is 2.18. The monoisotopic (exact) mass is 382 g/mol. The minimum Gasteiger partial charge on any atom is -0.337 e. The van der Waals surface area contributed by atoms with Crippen LogP contribution in [0.4, 0.5) is 0 Å². The van der Waals surface area contributed by atoms with Crippen LogP contribution in [0.5, 0.6) is 0 Å². The van der Waals surface area contributed by atoms with E-state index in [0.29, 0.717) is 5.56 Å². The predicted molar refractivity (Wildman–Crippen MR) is 116 cm³/mol. The molecule has 1 N–H and O–H groups in total. The first kappa shape index (κ1) is 17.8. The number of benzene rings is 2. The van der Waals surface area contributed by atoms with Crippen LogP contribution >= 0.6 is 0 Å². The Kier molecular flexibility index (Phi) is 4.66. The molecule has 5 rings (SSSR count). The standard InChI is InChI=1S/C24H22N4O/c29-24(28-13-4-10-25-12-14-28)18-7-8-19-21-16-26-11-9-20(21)23(27-22(19)15-18)17-5-2-1-3-6-17/h1-3,5-9,11,15-16,25H,4,10,12-14H2. The maximum atomic E-state index is 13.1. The van der Waals surface area contributed by atoms with Crippen LogP contribution in [0.25, 0.3) is 32.9 Å². The van der Waals surface area contributed by atoms with Gasteiger partial charge in [-0.1, -0.05) is 36.4 Å². The molecule has 1 aliphatic heterocycles. The number of nitrogens with one attached hydrogen (secondary N) is 1. The molecule has 1 fully saturated rings. The maximum Gasteiger partial charge on any atom is 0.253 e. The van der Waals surface area contributed by atoms with Crippen LogP contribution in [0.3, 0.4) is 0 Å². The first-order valence-electron chi connectivity index (χ1n) is 10.0. The Labute approximate surface area is 169 Å². The zero-order valence-electron chi connectivity index (χ0n) is 16.1. The van der Waals surface area contributed by atoms with Crippen LogP contribution in [-0.2, 0) is 0 Å². The van der Waals surface area contributed by atoms with Crippen LogP contribution in [-0.4, -0.2) is 47.0 Å². The summed E-state index contributed by atoms with van der Waals surface area (Å²) >= 11 is 0. The van der Waals surface area contributed by atoms with E-state index in [1.165, 1.54) is 0 Å². The van der Waals surface area contributed by atoms with Gasteiger partial charge in [0.15, 0.2) is 0 Å². The molecule has 1 saturated heterocycles. The van der Waals surface area contributed by atoms with Gasteiger partial charge in [-0.2, -0.15) is 0 Å². The predicted octanol–water partition coefficient (Wildman–Crippen LogP) is 3.89. The maximum absolute atomic E-state index is 13.1. The van der Waals surface area contributed by atoms with Crippen molar-refractivity contribution < 1.29 is 4.79 Å². The first-order chi connectivity index (χ1) is 14.3. The summed E-state index contributed by atoms with van der Waals surface area (Å²) in [5.74, 6) is 0.0740. The van der Waals surface area contributed by atoms with Gasteiger partial charge in [-0.05, 0) is 31.2 Å². The number of hydrogen-bond acceptors (Lipinski definition) is 4. The molecule has 0 bridgehead atoms. The SMILES string of the molecule is O=C(c1ccc2c(c1)nc(-c1ccccc1)c1ccncc12)N1CCCNCC1. The fourth-order valence-corrected chi connectivity index (χ4v) is 4.03. The molecule has 0 aliphatic carbocycles. The van der Waals surface area contributed by atoms with Crippen molar-refractivity contribution in [1.82, 2.24) is 20.2 Å². The van der Waals surface area contributed by atoms with E-state index in [4.69, 9.17) is 4.98 Å². The summed E-state index contributed by atoms with van der Waals surface area (Å²) < 4.78 is 0.